The topological polar surface area (TPSA) is 192 Å². The summed E-state index contributed by atoms with van der Waals surface area (Å²) < 4.78 is 30.2. The molecular weight excluding hydrogens is 821 g/mol. The minimum atomic E-state index is -1.52. The van der Waals surface area contributed by atoms with Gasteiger partial charge in [0.1, 0.15) is 22.4 Å². The summed E-state index contributed by atoms with van der Waals surface area (Å²) in [4.78, 5) is 70.2. The molecule has 9 rings (SSSR count). The molecule has 13 heteroatoms. The molecule has 0 aromatic rings. The standard InChI is InChI=1S/C45H68O13.6CH4/c1-11-38(9,32(48)57-44-16-27-12-40(22-44,21-41(51,13-27)24-44)34(50)56-35(2,3)4)20-39(10,19-36(5,6)31(47)54-29-18-37(7,8)55-30(29)46)33(49)58-45-17-28-14-42(52,25-45)23-43(53,15-28)26-45;;;;;;/h27-29,51-53H,11-26H2,1-10H3;6*1H4. The second kappa shape index (κ2) is 18.0. The summed E-state index contributed by atoms with van der Waals surface area (Å²) in [6.07, 6.45) is 3.45. The van der Waals surface area contributed by atoms with Crippen molar-refractivity contribution in [1.29, 1.82) is 0 Å². The lowest BCUT2D eigenvalue weighted by molar-refractivity contribution is -0.265. The van der Waals surface area contributed by atoms with Gasteiger partial charge in [-0.15, -0.1) is 0 Å². The molecule has 9 unspecified atom stereocenters. The van der Waals surface area contributed by atoms with Crippen LogP contribution in [0, 0.1) is 33.5 Å². The summed E-state index contributed by atoms with van der Waals surface area (Å²) in [6, 6.07) is 0. The third-order valence-corrected chi connectivity index (χ3v) is 14.9. The molecule has 1 heterocycles. The van der Waals surface area contributed by atoms with Crippen LogP contribution in [0.25, 0.3) is 0 Å². The van der Waals surface area contributed by atoms with Crippen LogP contribution in [-0.4, -0.2) is 90.5 Å². The second-order valence-electron chi connectivity index (χ2n) is 23.6. The highest BCUT2D eigenvalue weighted by Gasteiger charge is 2.69. The molecule has 1 saturated heterocycles. The number of carbonyl (C=O) groups is 5. The van der Waals surface area contributed by atoms with Crippen molar-refractivity contribution in [2.24, 2.45) is 33.5 Å². The van der Waals surface area contributed by atoms with Crippen LogP contribution in [0.5, 0.6) is 0 Å². The summed E-state index contributed by atoms with van der Waals surface area (Å²) in [5, 5.41) is 34.9. The SMILES string of the molecule is C.C.C.C.C.C.CCC(C)(CC(C)(CC(C)(C)C(=O)OC1CC(C)(C)OC1=O)C(=O)OC12CC3CC(O)(CC(O)(C3)C1)C2)C(=O)OC12CC3CC(O)(C1)CC(C(=O)OC(C)(C)C)(C3)C2. The van der Waals surface area contributed by atoms with E-state index in [9.17, 15) is 39.3 Å². The first-order valence-corrected chi connectivity index (χ1v) is 21.6. The van der Waals surface area contributed by atoms with Gasteiger partial charge in [-0.2, -0.15) is 0 Å². The van der Waals surface area contributed by atoms with Crippen LogP contribution in [0.4, 0.5) is 0 Å². The molecule has 374 valence electrons. The number of cyclic esters (lactones) is 1. The Morgan fingerprint density at radius 3 is 1.48 bits per heavy atom. The molecule has 0 aromatic carbocycles. The van der Waals surface area contributed by atoms with Crippen molar-refractivity contribution in [2.75, 3.05) is 0 Å². The zero-order chi connectivity index (χ0) is 43.0. The second-order valence-corrected chi connectivity index (χ2v) is 23.6. The van der Waals surface area contributed by atoms with Crippen LogP contribution in [0.1, 0.15) is 217 Å². The van der Waals surface area contributed by atoms with E-state index in [4.69, 9.17) is 23.7 Å². The van der Waals surface area contributed by atoms with Gasteiger partial charge in [0.25, 0.3) is 0 Å². The molecule has 8 saturated carbocycles. The molecule has 13 nitrogen and oxygen atoms in total. The number of esters is 5. The molecule has 9 aliphatic rings. The summed E-state index contributed by atoms with van der Waals surface area (Å²) in [7, 11) is 0. The highest BCUT2D eigenvalue weighted by molar-refractivity contribution is 5.85. The van der Waals surface area contributed by atoms with Crippen molar-refractivity contribution in [3.63, 3.8) is 0 Å². The van der Waals surface area contributed by atoms with Crippen molar-refractivity contribution < 1.29 is 63.0 Å². The van der Waals surface area contributed by atoms with Crippen molar-refractivity contribution in [3.8, 4) is 0 Å². The third kappa shape index (κ3) is 11.0. The predicted octanol–water partition coefficient (Wildman–Crippen LogP) is 9.75. The van der Waals surface area contributed by atoms with E-state index in [0.29, 0.717) is 38.5 Å². The Balaban J connectivity index is 0.00000341. The van der Waals surface area contributed by atoms with Crippen molar-refractivity contribution in [2.45, 2.75) is 262 Å². The smallest absolute Gasteiger partial charge is 0.348 e. The molecule has 0 amide bonds. The van der Waals surface area contributed by atoms with Crippen LogP contribution in [-0.2, 0) is 47.7 Å². The molecule has 3 N–H and O–H groups in total. The molecule has 0 radical (unpaired) electrons. The van der Waals surface area contributed by atoms with E-state index in [-0.39, 0.29) is 127 Å². The zero-order valence-corrected chi connectivity index (χ0v) is 36.5. The molecule has 8 bridgehead atoms. The Morgan fingerprint density at radius 2 is 1.06 bits per heavy atom. The molecule has 1 aliphatic heterocycles. The van der Waals surface area contributed by atoms with Crippen LogP contribution in [0.2, 0.25) is 0 Å². The predicted molar refractivity (Wildman–Crippen MR) is 248 cm³/mol. The molecule has 0 aromatic heterocycles. The first kappa shape index (κ1) is 59.2. The summed E-state index contributed by atoms with van der Waals surface area (Å²) in [6.45, 7) is 17.4. The summed E-state index contributed by atoms with van der Waals surface area (Å²) in [5.41, 5.74) is -12.5. The number of carbonyl (C=O) groups excluding carboxylic acids is 5. The Hall–Kier alpha value is -2.77. The lowest BCUT2D eigenvalue weighted by atomic mass is 9.46. The minimum Gasteiger partial charge on any atom is -0.460 e. The lowest BCUT2D eigenvalue weighted by Crippen LogP contribution is -2.67. The Labute approximate surface area is 387 Å². The van der Waals surface area contributed by atoms with Gasteiger partial charge in [-0.05, 0) is 138 Å². The summed E-state index contributed by atoms with van der Waals surface area (Å²) in [5.74, 6) is -3.05. The van der Waals surface area contributed by atoms with Crippen molar-refractivity contribution >= 4 is 29.8 Å². The van der Waals surface area contributed by atoms with E-state index in [1.165, 1.54) is 0 Å². The van der Waals surface area contributed by atoms with Crippen LogP contribution in [0.3, 0.4) is 0 Å². The quantitative estimate of drug-likeness (QED) is 0.124. The number of hydrogen-bond acceptors (Lipinski definition) is 13. The van der Waals surface area contributed by atoms with Gasteiger partial charge in [0, 0.05) is 38.5 Å². The Kier molecular flexibility index (Phi) is 16.7. The van der Waals surface area contributed by atoms with E-state index in [0.717, 1.165) is 0 Å². The van der Waals surface area contributed by atoms with Gasteiger partial charge in [-0.3, -0.25) is 19.2 Å². The van der Waals surface area contributed by atoms with Gasteiger partial charge < -0.3 is 39.0 Å². The van der Waals surface area contributed by atoms with Gasteiger partial charge in [0.05, 0.1) is 38.5 Å². The molecule has 64 heavy (non-hydrogen) atoms. The average Bonchev–Trinajstić information content (AvgIpc) is 3.26. The van der Waals surface area contributed by atoms with Crippen molar-refractivity contribution in [1.82, 2.24) is 0 Å². The van der Waals surface area contributed by atoms with E-state index in [1.54, 1.807) is 41.5 Å². The minimum absolute atomic E-state index is 0. The van der Waals surface area contributed by atoms with E-state index < -0.39 is 90.8 Å². The molecule has 0 spiro atoms. The van der Waals surface area contributed by atoms with Crippen LogP contribution < -0.4 is 0 Å². The number of ether oxygens (including phenoxy) is 5. The number of rotatable bonds is 12. The monoisotopic (exact) mass is 913 g/mol. The first-order chi connectivity index (χ1) is 26.3. The fourth-order valence-electron chi connectivity index (χ4n) is 13.8. The van der Waals surface area contributed by atoms with E-state index in [1.807, 2.05) is 27.7 Å². The lowest BCUT2D eigenvalue weighted by Gasteiger charge is -2.63. The number of aliphatic hydroxyl groups is 3. The van der Waals surface area contributed by atoms with Gasteiger partial charge in [0.2, 0.25) is 6.10 Å². The van der Waals surface area contributed by atoms with Gasteiger partial charge in [-0.1, -0.05) is 51.5 Å². The van der Waals surface area contributed by atoms with E-state index >= 15 is 0 Å². The fraction of sp³-hybridized carbons (Fsp3) is 0.902. The van der Waals surface area contributed by atoms with Gasteiger partial charge >= 0.3 is 29.8 Å². The highest BCUT2D eigenvalue weighted by Crippen LogP contribution is 2.66. The normalized spacial score (nSPS) is 37.7. The fourth-order valence-corrected chi connectivity index (χ4v) is 13.8. The van der Waals surface area contributed by atoms with Crippen molar-refractivity contribution in [3.05, 3.63) is 0 Å². The van der Waals surface area contributed by atoms with Gasteiger partial charge in [0.15, 0.2) is 0 Å². The van der Waals surface area contributed by atoms with Gasteiger partial charge in [-0.25, -0.2) is 4.79 Å². The maximum absolute atomic E-state index is 15.0. The maximum atomic E-state index is 15.0. The molecular formula is C51H92O13. The first-order valence-electron chi connectivity index (χ1n) is 21.6. The van der Waals surface area contributed by atoms with E-state index in [2.05, 4.69) is 0 Å². The molecule has 9 atom stereocenters. The maximum Gasteiger partial charge on any atom is 0.348 e. The number of hydrogen-bond donors (Lipinski definition) is 3. The zero-order valence-electron chi connectivity index (χ0n) is 36.5. The Morgan fingerprint density at radius 1 is 0.609 bits per heavy atom. The molecule has 9 fully saturated rings. The third-order valence-electron chi connectivity index (χ3n) is 14.9. The largest absolute Gasteiger partial charge is 0.460 e. The average molecular weight is 913 g/mol. The Bertz CT molecular complexity index is 1750. The summed E-state index contributed by atoms with van der Waals surface area (Å²) >= 11 is 0. The van der Waals surface area contributed by atoms with Crippen LogP contribution in [0.15, 0.2) is 0 Å². The highest BCUT2D eigenvalue weighted by atomic mass is 16.6. The van der Waals surface area contributed by atoms with Crippen LogP contribution >= 0.6 is 0 Å². The molecule has 8 aliphatic carbocycles.